The Balaban J connectivity index is 2.01. The molecule has 1 heterocycles. The van der Waals surface area contributed by atoms with Crippen LogP contribution in [0.4, 0.5) is 5.69 Å². The summed E-state index contributed by atoms with van der Waals surface area (Å²) < 4.78 is 5.01. The van der Waals surface area contributed by atoms with E-state index in [1.807, 2.05) is 13.8 Å². The van der Waals surface area contributed by atoms with Crippen molar-refractivity contribution in [1.82, 2.24) is 10.5 Å². The van der Waals surface area contributed by atoms with Gasteiger partial charge in [0.1, 0.15) is 0 Å². The van der Waals surface area contributed by atoms with Crippen LogP contribution in [-0.4, -0.2) is 11.1 Å². The van der Waals surface area contributed by atoms with E-state index in [0.717, 1.165) is 11.3 Å². The number of amides is 1. The van der Waals surface area contributed by atoms with Crippen molar-refractivity contribution in [3.8, 4) is 0 Å². The van der Waals surface area contributed by atoms with Gasteiger partial charge in [-0.25, -0.2) is 0 Å². The third-order valence-corrected chi connectivity index (χ3v) is 2.63. The van der Waals surface area contributed by atoms with Gasteiger partial charge in [0.05, 0.1) is 12.2 Å². The lowest BCUT2D eigenvalue weighted by Gasteiger charge is -2.05. The molecule has 1 aromatic carbocycles. The molecule has 0 bridgehead atoms. The maximum absolute atomic E-state index is 11.9. The molecule has 5 nitrogen and oxygen atoms in total. The molecule has 18 heavy (non-hydrogen) atoms. The first-order valence-corrected chi connectivity index (χ1v) is 5.63. The average molecular weight is 245 g/mol. The molecule has 3 N–H and O–H groups in total. The largest absolute Gasteiger partial charge is 0.399 e. The molecule has 0 aliphatic rings. The number of nitrogens with zero attached hydrogens (tertiary/aromatic N) is 1. The minimum Gasteiger partial charge on any atom is -0.399 e. The highest BCUT2D eigenvalue weighted by molar-refractivity contribution is 5.94. The lowest BCUT2D eigenvalue weighted by molar-refractivity contribution is 0.0947. The van der Waals surface area contributed by atoms with Crippen molar-refractivity contribution >= 4 is 11.6 Å². The zero-order valence-electron chi connectivity index (χ0n) is 10.4. The number of nitrogens with two attached hydrogens (primary N) is 1. The molecule has 2 aromatic rings. The van der Waals surface area contributed by atoms with Crippen LogP contribution in [-0.2, 0) is 6.54 Å². The summed E-state index contributed by atoms with van der Waals surface area (Å²) in [5, 5.41) is 6.51. The number of benzene rings is 1. The Bertz CT molecular complexity index is 575. The number of carbonyl (C=O) groups excluding carboxylic acids is 1. The van der Waals surface area contributed by atoms with Crippen molar-refractivity contribution in [2.75, 3.05) is 5.73 Å². The highest BCUT2D eigenvalue weighted by atomic mass is 16.5. The Kier molecular flexibility index (Phi) is 3.32. The SMILES string of the molecule is Cc1cc(CNC(=O)c2ccc(N)c(C)c2)on1. The van der Waals surface area contributed by atoms with E-state index in [0.29, 0.717) is 23.6 Å². The molecule has 0 atom stereocenters. The molecule has 94 valence electrons. The molecule has 1 aromatic heterocycles. The van der Waals surface area contributed by atoms with Crippen molar-refractivity contribution in [2.45, 2.75) is 20.4 Å². The molecule has 0 aliphatic carbocycles. The van der Waals surface area contributed by atoms with Crippen LogP contribution >= 0.6 is 0 Å². The molecule has 0 aliphatic heterocycles. The van der Waals surface area contributed by atoms with Gasteiger partial charge in [-0.3, -0.25) is 4.79 Å². The molecule has 1 amide bonds. The standard InChI is InChI=1S/C13H15N3O2/c1-8-5-10(3-4-12(8)14)13(17)15-7-11-6-9(2)16-18-11/h3-6H,7,14H2,1-2H3,(H,15,17). The second-order valence-electron chi connectivity index (χ2n) is 4.19. The first kappa shape index (κ1) is 12.2. The minimum atomic E-state index is -0.160. The van der Waals surface area contributed by atoms with E-state index in [-0.39, 0.29) is 5.91 Å². The highest BCUT2D eigenvalue weighted by Gasteiger charge is 2.08. The molecule has 0 saturated carbocycles. The van der Waals surface area contributed by atoms with Crippen LogP contribution in [0.15, 0.2) is 28.8 Å². The van der Waals surface area contributed by atoms with Gasteiger partial charge < -0.3 is 15.6 Å². The lowest BCUT2D eigenvalue weighted by Crippen LogP contribution is -2.22. The third-order valence-electron chi connectivity index (χ3n) is 2.63. The van der Waals surface area contributed by atoms with Gasteiger partial charge >= 0.3 is 0 Å². The van der Waals surface area contributed by atoms with Crippen LogP contribution in [0.1, 0.15) is 27.4 Å². The molecule has 0 unspecified atom stereocenters. The summed E-state index contributed by atoms with van der Waals surface area (Å²) in [4.78, 5) is 11.9. The Morgan fingerprint density at radius 1 is 1.39 bits per heavy atom. The first-order chi connectivity index (χ1) is 8.56. The maximum Gasteiger partial charge on any atom is 0.251 e. The van der Waals surface area contributed by atoms with E-state index in [9.17, 15) is 4.79 Å². The van der Waals surface area contributed by atoms with Gasteiger partial charge in [0.2, 0.25) is 0 Å². The van der Waals surface area contributed by atoms with Gasteiger partial charge in [0.15, 0.2) is 5.76 Å². The van der Waals surface area contributed by atoms with Gasteiger partial charge in [-0.2, -0.15) is 0 Å². The first-order valence-electron chi connectivity index (χ1n) is 5.63. The molecular formula is C13H15N3O2. The van der Waals surface area contributed by atoms with E-state index in [1.165, 1.54) is 0 Å². The van der Waals surface area contributed by atoms with Crippen LogP contribution in [0.25, 0.3) is 0 Å². The number of carbonyl (C=O) groups is 1. The fraction of sp³-hybridized carbons (Fsp3) is 0.231. The number of nitrogens with one attached hydrogen (secondary N) is 1. The number of aromatic nitrogens is 1. The summed E-state index contributed by atoms with van der Waals surface area (Å²) in [5.74, 6) is 0.472. The number of rotatable bonds is 3. The number of nitrogen functional groups attached to an aromatic ring is 1. The third kappa shape index (κ3) is 2.68. The molecule has 0 spiro atoms. The molecule has 0 saturated heterocycles. The summed E-state index contributed by atoms with van der Waals surface area (Å²) >= 11 is 0. The van der Waals surface area contributed by atoms with E-state index < -0.39 is 0 Å². The number of hydrogen-bond donors (Lipinski definition) is 2. The van der Waals surface area contributed by atoms with Crippen LogP contribution in [0.5, 0.6) is 0 Å². The number of hydrogen-bond acceptors (Lipinski definition) is 4. The molecule has 0 radical (unpaired) electrons. The normalized spacial score (nSPS) is 10.3. The maximum atomic E-state index is 11.9. The van der Waals surface area contributed by atoms with Gasteiger partial charge in [-0.15, -0.1) is 0 Å². The summed E-state index contributed by atoms with van der Waals surface area (Å²) in [6.07, 6.45) is 0. The fourth-order valence-corrected chi connectivity index (χ4v) is 1.59. The van der Waals surface area contributed by atoms with Gasteiger partial charge in [0, 0.05) is 17.3 Å². The van der Waals surface area contributed by atoms with Gasteiger partial charge in [0.25, 0.3) is 5.91 Å². The molecule has 0 fully saturated rings. The van der Waals surface area contributed by atoms with Gasteiger partial charge in [-0.05, 0) is 37.6 Å². The van der Waals surface area contributed by atoms with Crippen LogP contribution < -0.4 is 11.1 Å². The second kappa shape index (κ2) is 4.91. The van der Waals surface area contributed by atoms with Crippen molar-refractivity contribution < 1.29 is 9.32 Å². The van der Waals surface area contributed by atoms with Crippen LogP contribution in [0.2, 0.25) is 0 Å². The molecular weight excluding hydrogens is 230 g/mol. The zero-order chi connectivity index (χ0) is 13.1. The predicted octanol–water partition coefficient (Wildman–Crippen LogP) is 1.80. The molecule has 5 heteroatoms. The Morgan fingerprint density at radius 2 is 2.17 bits per heavy atom. The van der Waals surface area contributed by atoms with E-state index in [4.69, 9.17) is 10.3 Å². The number of aryl methyl sites for hydroxylation is 2. The summed E-state index contributed by atoms with van der Waals surface area (Å²) in [6, 6.07) is 6.97. The Hall–Kier alpha value is -2.30. The highest BCUT2D eigenvalue weighted by Crippen LogP contribution is 2.12. The molecule has 2 rings (SSSR count). The van der Waals surface area contributed by atoms with E-state index in [1.54, 1.807) is 24.3 Å². The zero-order valence-corrected chi connectivity index (χ0v) is 10.4. The van der Waals surface area contributed by atoms with Crippen LogP contribution in [0, 0.1) is 13.8 Å². The minimum absolute atomic E-state index is 0.160. The topological polar surface area (TPSA) is 81.2 Å². The van der Waals surface area contributed by atoms with Crippen molar-refractivity contribution in [2.24, 2.45) is 0 Å². The summed E-state index contributed by atoms with van der Waals surface area (Å²) in [7, 11) is 0. The quantitative estimate of drug-likeness (QED) is 0.808. The monoisotopic (exact) mass is 245 g/mol. The lowest BCUT2D eigenvalue weighted by atomic mass is 10.1. The van der Waals surface area contributed by atoms with Crippen LogP contribution in [0.3, 0.4) is 0 Å². The van der Waals surface area contributed by atoms with E-state index in [2.05, 4.69) is 10.5 Å². The smallest absolute Gasteiger partial charge is 0.251 e. The second-order valence-corrected chi connectivity index (χ2v) is 4.19. The average Bonchev–Trinajstić information content (AvgIpc) is 2.75. The van der Waals surface area contributed by atoms with Crippen molar-refractivity contribution in [3.63, 3.8) is 0 Å². The number of anilines is 1. The van der Waals surface area contributed by atoms with Gasteiger partial charge in [-0.1, -0.05) is 5.16 Å². The predicted molar refractivity (Wildman–Crippen MR) is 68.0 cm³/mol. The van der Waals surface area contributed by atoms with Crippen molar-refractivity contribution in [3.05, 3.63) is 46.8 Å². The van der Waals surface area contributed by atoms with E-state index >= 15 is 0 Å². The van der Waals surface area contributed by atoms with Crippen molar-refractivity contribution in [1.29, 1.82) is 0 Å². The fourth-order valence-electron chi connectivity index (χ4n) is 1.59. The Morgan fingerprint density at radius 3 is 2.78 bits per heavy atom. The summed E-state index contributed by atoms with van der Waals surface area (Å²) in [6.45, 7) is 4.02. The Labute approximate surface area is 105 Å². The summed E-state index contributed by atoms with van der Waals surface area (Å²) in [5.41, 5.74) is 8.64.